The summed E-state index contributed by atoms with van der Waals surface area (Å²) in [5.74, 6) is 0.974. The van der Waals surface area contributed by atoms with Crippen LogP contribution in [0, 0.1) is 5.92 Å². The summed E-state index contributed by atoms with van der Waals surface area (Å²) in [6.45, 7) is 2.14. The van der Waals surface area contributed by atoms with Crippen molar-refractivity contribution in [2.45, 2.75) is 38.1 Å². The lowest BCUT2D eigenvalue weighted by molar-refractivity contribution is 0.0696. The zero-order valence-corrected chi connectivity index (χ0v) is 14.1. The second kappa shape index (κ2) is 6.79. The van der Waals surface area contributed by atoms with Gasteiger partial charge in [0.25, 0.3) is 5.91 Å². The third-order valence-corrected chi connectivity index (χ3v) is 4.88. The third kappa shape index (κ3) is 3.77. The van der Waals surface area contributed by atoms with Crippen molar-refractivity contribution in [2.75, 3.05) is 13.7 Å². The number of methoxy groups -OCH3 is 1. The molecule has 1 aliphatic carbocycles. The van der Waals surface area contributed by atoms with Gasteiger partial charge in [-0.1, -0.05) is 19.8 Å². The van der Waals surface area contributed by atoms with Crippen LogP contribution < -0.4 is 10.1 Å². The number of halogens is 1. The van der Waals surface area contributed by atoms with E-state index in [2.05, 4.69) is 28.2 Å². The molecule has 2 atom stereocenters. The molecule has 1 aliphatic rings. The van der Waals surface area contributed by atoms with E-state index < -0.39 is 5.54 Å². The quantitative estimate of drug-likeness (QED) is 0.872. The van der Waals surface area contributed by atoms with Gasteiger partial charge in [-0.05, 0) is 52.9 Å². The molecule has 0 saturated heterocycles. The summed E-state index contributed by atoms with van der Waals surface area (Å²) in [4.78, 5) is 12.6. The highest BCUT2D eigenvalue weighted by molar-refractivity contribution is 9.10. The maximum absolute atomic E-state index is 12.6. The molecule has 0 radical (unpaired) electrons. The molecule has 2 rings (SSSR count). The second-order valence-electron chi connectivity index (χ2n) is 5.94. The Morgan fingerprint density at radius 1 is 1.57 bits per heavy atom. The number of aliphatic hydroxyl groups excluding tert-OH is 1. The average Bonchev–Trinajstić information content (AvgIpc) is 2.47. The first-order valence-electron chi connectivity index (χ1n) is 7.26. The van der Waals surface area contributed by atoms with E-state index in [0.29, 0.717) is 17.2 Å². The van der Waals surface area contributed by atoms with Crippen molar-refractivity contribution in [1.29, 1.82) is 0 Å². The number of carbonyl (C=O) groups excluding carboxylic acids is 1. The number of rotatable bonds is 4. The molecule has 0 aromatic heterocycles. The van der Waals surface area contributed by atoms with Crippen LogP contribution in [-0.2, 0) is 0 Å². The summed E-state index contributed by atoms with van der Waals surface area (Å²) < 4.78 is 5.89. The molecule has 1 amide bonds. The summed E-state index contributed by atoms with van der Waals surface area (Å²) >= 11 is 3.40. The Labute approximate surface area is 134 Å². The summed E-state index contributed by atoms with van der Waals surface area (Å²) in [5.41, 5.74) is 0.0254. The Balaban J connectivity index is 2.20. The minimum atomic E-state index is -0.503. The molecule has 116 valence electrons. The molecule has 0 aliphatic heterocycles. The van der Waals surface area contributed by atoms with Crippen molar-refractivity contribution >= 4 is 21.8 Å². The minimum Gasteiger partial charge on any atom is -0.497 e. The maximum Gasteiger partial charge on any atom is 0.253 e. The first-order chi connectivity index (χ1) is 9.99. The van der Waals surface area contributed by atoms with Crippen LogP contribution in [0.15, 0.2) is 22.7 Å². The fraction of sp³-hybridized carbons (Fsp3) is 0.562. The van der Waals surface area contributed by atoms with Crippen LogP contribution >= 0.6 is 15.9 Å². The number of ether oxygens (including phenoxy) is 1. The molecule has 1 aromatic carbocycles. The number of aliphatic hydroxyl groups is 1. The molecule has 0 heterocycles. The van der Waals surface area contributed by atoms with E-state index >= 15 is 0 Å². The van der Waals surface area contributed by atoms with Gasteiger partial charge in [-0.15, -0.1) is 0 Å². The van der Waals surface area contributed by atoms with Crippen molar-refractivity contribution in [3.8, 4) is 5.75 Å². The largest absolute Gasteiger partial charge is 0.497 e. The van der Waals surface area contributed by atoms with Crippen molar-refractivity contribution in [3.63, 3.8) is 0 Å². The Bertz CT molecular complexity index is 520. The maximum atomic E-state index is 12.6. The van der Waals surface area contributed by atoms with Crippen LogP contribution in [0.5, 0.6) is 5.75 Å². The van der Waals surface area contributed by atoms with E-state index in [1.807, 2.05) is 0 Å². The molecule has 5 heteroatoms. The predicted octanol–water partition coefficient (Wildman–Crippen LogP) is 3.13. The zero-order valence-electron chi connectivity index (χ0n) is 12.5. The number of benzene rings is 1. The van der Waals surface area contributed by atoms with Gasteiger partial charge in [-0.3, -0.25) is 4.79 Å². The van der Waals surface area contributed by atoms with Gasteiger partial charge in [-0.2, -0.15) is 0 Å². The molecule has 21 heavy (non-hydrogen) atoms. The van der Waals surface area contributed by atoms with Gasteiger partial charge in [0.05, 0.1) is 24.8 Å². The highest BCUT2D eigenvalue weighted by Crippen LogP contribution is 2.33. The Morgan fingerprint density at radius 2 is 2.33 bits per heavy atom. The molecule has 1 aromatic rings. The first-order valence-corrected chi connectivity index (χ1v) is 8.06. The second-order valence-corrected chi connectivity index (χ2v) is 6.79. The van der Waals surface area contributed by atoms with Crippen LogP contribution in [-0.4, -0.2) is 30.3 Å². The van der Waals surface area contributed by atoms with Crippen molar-refractivity contribution < 1.29 is 14.6 Å². The lowest BCUT2D eigenvalue weighted by atomic mass is 9.76. The highest BCUT2D eigenvalue weighted by atomic mass is 79.9. The van der Waals surface area contributed by atoms with E-state index in [9.17, 15) is 9.90 Å². The molecule has 1 fully saturated rings. The topological polar surface area (TPSA) is 58.6 Å². The molecular weight excluding hydrogens is 334 g/mol. The van der Waals surface area contributed by atoms with Crippen LogP contribution in [0.2, 0.25) is 0 Å². The van der Waals surface area contributed by atoms with E-state index in [0.717, 1.165) is 30.2 Å². The van der Waals surface area contributed by atoms with Gasteiger partial charge in [0.1, 0.15) is 5.75 Å². The molecule has 0 bridgehead atoms. The number of amides is 1. The fourth-order valence-electron chi connectivity index (χ4n) is 3.07. The van der Waals surface area contributed by atoms with Gasteiger partial charge in [0, 0.05) is 4.47 Å². The summed E-state index contributed by atoms with van der Waals surface area (Å²) in [5, 5.41) is 12.8. The van der Waals surface area contributed by atoms with E-state index in [4.69, 9.17) is 4.74 Å². The lowest BCUT2D eigenvalue weighted by Crippen LogP contribution is -2.53. The van der Waals surface area contributed by atoms with Crippen LogP contribution in [0.4, 0.5) is 0 Å². The molecule has 2 unspecified atom stereocenters. The van der Waals surface area contributed by atoms with Crippen LogP contribution in [0.3, 0.4) is 0 Å². The Kier molecular flexibility index (Phi) is 5.27. The normalized spacial score (nSPS) is 25.4. The van der Waals surface area contributed by atoms with Crippen molar-refractivity contribution in [1.82, 2.24) is 5.32 Å². The van der Waals surface area contributed by atoms with Gasteiger partial charge >= 0.3 is 0 Å². The van der Waals surface area contributed by atoms with E-state index in [1.165, 1.54) is 0 Å². The molecule has 0 spiro atoms. The zero-order chi connectivity index (χ0) is 15.5. The lowest BCUT2D eigenvalue weighted by Gasteiger charge is -2.39. The van der Waals surface area contributed by atoms with Gasteiger partial charge in [0.2, 0.25) is 0 Å². The minimum absolute atomic E-state index is 0.0231. The van der Waals surface area contributed by atoms with E-state index in [-0.39, 0.29) is 12.5 Å². The van der Waals surface area contributed by atoms with Crippen LogP contribution in [0.25, 0.3) is 0 Å². The van der Waals surface area contributed by atoms with Gasteiger partial charge < -0.3 is 15.2 Å². The number of hydrogen-bond acceptors (Lipinski definition) is 3. The summed E-state index contributed by atoms with van der Waals surface area (Å²) in [6, 6.07) is 5.30. The monoisotopic (exact) mass is 355 g/mol. The molecule has 4 nitrogen and oxygen atoms in total. The van der Waals surface area contributed by atoms with E-state index in [1.54, 1.807) is 25.3 Å². The van der Waals surface area contributed by atoms with Crippen molar-refractivity contribution in [3.05, 3.63) is 28.2 Å². The Morgan fingerprint density at radius 3 is 2.95 bits per heavy atom. The number of carbonyl (C=O) groups is 1. The standard InChI is InChI=1S/C16H22BrNO3/c1-11-4-3-7-16(9-11,10-19)18-15(20)13-8-12(21-2)5-6-14(13)17/h5-6,8,11,19H,3-4,7,9-10H2,1-2H3,(H,18,20). The highest BCUT2D eigenvalue weighted by Gasteiger charge is 2.36. The van der Waals surface area contributed by atoms with Gasteiger partial charge in [-0.25, -0.2) is 0 Å². The summed E-state index contributed by atoms with van der Waals surface area (Å²) in [6.07, 6.45) is 3.82. The first kappa shape index (κ1) is 16.3. The average molecular weight is 356 g/mol. The SMILES string of the molecule is COc1ccc(Br)c(C(=O)NC2(CO)CCCC(C)C2)c1. The Hall–Kier alpha value is -1.07. The summed E-state index contributed by atoms with van der Waals surface area (Å²) in [7, 11) is 1.57. The number of nitrogens with one attached hydrogen (secondary N) is 1. The smallest absolute Gasteiger partial charge is 0.253 e. The van der Waals surface area contributed by atoms with Crippen LogP contribution in [0.1, 0.15) is 43.0 Å². The van der Waals surface area contributed by atoms with Gasteiger partial charge in [0.15, 0.2) is 0 Å². The predicted molar refractivity (Wildman–Crippen MR) is 85.6 cm³/mol. The number of hydrogen-bond donors (Lipinski definition) is 2. The van der Waals surface area contributed by atoms with Crippen molar-refractivity contribution in [2.24, 2.45) is 5.92 Å². The fourth-order valence-corrected chi connectivity index (χ4v) is 3.50. The molecule has 1 saturated carbocycles. The molecule has 2 N–H and O–H groups in total. The third-order valence-electron chi connectivity index (χ3n) is 4.19. The molecular formula is C16H22BrNO3.